The lowest BCUT2D eigenvalue weighted by Crippen LogP contribution is -2.60. The molecule has 216 valence electrons. The van der Waals surface area contributed by atoms with Gasteiger partial charge in [-0.25, -0.2) is 4.98 Å². The maximum absolute atomic E-state index is 13.9. The van der Waals surface area contributed by atoms with Gasteiger partial charge < -0.3 is 35.5 Å². The minimum absolute atomic E-state index is 0.0160. The summed E-state index contributed by atoms with van der Waals surface area (Å²) < 4.78 is 7.08. The summed E-state index contributed by atoms with van der Waals surface area (Å²) in [5.74, 6) is 0.0917. The topological polar surface area (TPSA) is 135 Å². The number of piperidine rings is 1. The highest BCUT2D eigenvalue weighted by atomic mass is 16.5. The number of amides is 3. The van der Waals surface area contributed by atoms with Crippen LogP contribution < -0.4 is 26.0 Å². The second kappa shape index (κ2) is 12.0. The number of imidazole rings is 1. The molecular formula is C30H37N7O4. The Morgan fingerprint density at radius 3 is 2.44 bits per heavy atom. The van der Waals surface area contributed by atoms with Crippen LogP contribution in [0.25, 0.3) is 0 Å². The number of hydrogen-bond acceptors (Lipinski definition) is 7. The van der Waals surface area contributed by atoms with Crippen molar-refractivity contribution in [2.24, 2.45) is 12.8 Å². The van der Waals surface area contributed by atoms with Crippen molar-refractivity contribution < 1.29 is 19.1 Å². The van der Waals surface area contributed by atoms with E-state index in [-0.39, 0.29) is 11.8 Å². The van der Waals surface area contributed by atoms with E-state index in [1.165, 1.54) is 0 Å². The number of likely N-dealkylation sites (tertiary alicyclic amines) is 1. The Bertz CT molecular complexity index is 1370. The molecule has 5 rings (SSSR count). The van der Waals surface area contributed by atoms with Gasteiger partial charge in [-0.2, -0.15) is 0 Å². The number of ether oxygens (including phenoxy) is 1. The summed E-state index contributed by atoms with van der Waals surface area (Å²) >= 11 is 0. The van der Waals surface area contributed by atoms with Crippen LogP contribution in [0.1, 0.15) is 24.1 Å². The molecule has 3 amide bonds. The van der Waals surface area contributed by atoms with E-state index in [0.29, 0.717) is 51.2 Å². The third-order valence-electron chi connectivity index (χ3n) is 8.20. The summed E-state index contributed by atoms with van der Waals surface area (Å²) in [6.45, 7) is 1.22. The second-order valence-electron chi connectivity index (χ2n) is 10.7. The molecule has 11 heteroatoms. The third-order valence-corrected chi connectivity index (χ3v) is 8.20. The van der Waals surface area contributed by atoms with Crippen LogP contribution in [0.3, 0.4) is 0 Å². The van der Waals surface area contributed by atoms with Crippen molar-refractivity contribution in [1.82, 2.24) is 25.1 Å². The number of nitrogens with two attached hydrogens (primary N) is 1. The Kier molecular flexibility index (Phi) is 8.25. The monoisotopic (exact) mass is 559 g/mol. The van der Waals surface area contributed by atoms with Gasteiger partial charge in [-0.3, -0.25) is 14.4 Å². The number of para-hydroxylation sites is 1. The zero-order valence-corrected chi connectivity index (χ0v) is 23.5. The Balaban J connectivity index is 1.30. The number of aromatic nitrogens is 2. The van der Waals surface area contributed by atoms with Gasteiger partial charge in [-0.15, -0.1) is 0 Å². The first kappa shape index (κ1) is 28.2. The largest absolute Gasteiger partial charge is 0.497 e. The fraction of sp³-hybridized carbons (Fsp3) is 0.400. The highest BCUT2D eigenvalue weighted by Crippen LogP contribution is 2.36. The predicted octanol–water partition coefficient (Wildman–Crippen LogP) is 0.981. The average molecular weight is 560 g/mol. The maximum Gasteiger partial charge on any atom is 0.247 e. The number of carbonyl (C=O) groups excluding carboxylic acids is 3. The number of carbonyl (C=O) groups is 3. The number of aryl methyl sites for hydroxylation is 1. The van der Waals surface area contributed by atoms with Crippen molar-refractivity contribution >= 4 is 23.4 Å². The van der Waals surface area contributed by atoms with E-state index >= 15 is 0 Å². The van der Waals surface area contributed by atoms with Gasteiger partial charge in [0.25, 0.3) is 0 Å². The van der Waals surface area contributed by atoms with E-state index in [4.69, 9.17) is 10.5 Å². The van der Waals surface area contributed by atoms with Crippen molar-refractivity contribution in [3.63, 3.8) is 0 Å². The van der Waals surface area contributed by atoms with Gasteiger partial charge in [0.05, 0.1) is 26.1 Å². The van der Waals surface area contributed by atoms with Gasteiger partial charge in [-0.05, 0) is 42.7 Å². The van der Waals surface area contributed by atoms with E-state index < -0.39 is 23.5 Å². The molecule has 2 aromatic carbocycles. The minimum Gasteiger partial charge on any atom is -0.497 e. The van der Waals surface area contributed by atoms with E-state index in [1.807, 2.05) is 66.2 Å². The molecule has 2 aliphatic heterocycles. The Morgan fingerprint density at radius 2 is 1.80 bits per heavy atom. The van der Waals surface area contributed by atoms with Crippen molar-refractivity contribution in [3.8, 4) is 5.75 Å². The highest BCUT2D eigenvalue weighted by Gasteiger charge is 2.51. The Labute approximate surface area is 239 Å². The average Bonchev–Trinajstić information content (AvgIpc) is 3.55. The quantitative estimate of drug-likeness (QED) is 0.356. The molecule has 0 aliphatic carbocycles. The second-order valence-corrected chi connectivity index (χ2v) is 10.7. The number of anilines is 1. The van der Waals surface area contributed by atoms with E-state index in [1.54, 1.807) is 24.5 Å². The number of methoxy groups -OCH3 is 1. The molecule has 3 heterocycles. The molecular weight excluding hydrogens is 522 g/mol. The van der Waals surface area contributed by atoms with Crippen molar-refractivity contribution in [2.75, 3.05) is 31.8 Å². The first-order chi connectivity index (χ1) is 19.8. The van der Waals surface area contributed by atoms with Crippen LogP contribution in [-0.2, 0) is 34.3 Å². The molecule has 2 saturated heterocycles. The Morgan fingerprint density at radius 1 is 1.10 bits per heavy atom. The first-order valence-electron chi connectivity index (χ1n) is 13.8. The SMILES string of the molecule is COc1ccc(CC(NC(=O)C(N)Cc2cncn2C)C(=O)N2CCC3(CC2)C(=O)NCN3c2ccccc2)cc1. The molecule has 0 bridgehead atoms. The van der Waals surface area contributed by atoms with Crippen LogP contribution in [0.5, 0.6) is 5.75 Å². The molecule has 4 N–H and O–H groups in total. The van der Waals surface area contributed by atoms with E-state index in [9.17, 15) is 14.4 Å². The molecule has 1 spiro atoms. The summed E-state index contributed by atoms with van der Waals surface area (Å²) in [4.78, 5) is 48.1. The van der Waals surface area contributed by atoms with Crippen LogP contribution >= 0.6 is 0 Å². The lowest BCUT2D eigenvalue weighted by atomic mass is 9.85. The molecule has 1 aromatic heterocycles. The molecule has 11 nitrogen and oxygen atoms in total. The van der Waals surface area contributed by atoms with Gasteiger partial charge in [0, 0.05) is 50.6 Å². The molecule has 3 aromatic rings. The van der Waals surface area contributed by atoms with Crippen LogP contribution in [-0.4, -0.2) is 76.7 Å². The highest BCUT2D eigenvalue weighted by molar-refractivity contribution is 5.94. The fourth-order valence-electron chi connectivity index (χ4n) is 5.73. The number of benzene rings is 2. The van der Waals surface area contributed by atoms with Crippen molar-refractivity contribution in [1.29, 1.82) is 0 Å². The summed E-state index contributed by atoms with van der Waals surface area (Å²) in [6, 6.07) is 15.6. The third kappa shape index (κ3) is 5.90. The van der Waals surface area contributed by atoms with Crippen LogP contribution in [0.2, 0.25) is 0 Å². The lowest BCUT2D eigenvalue weighted by Gasteiger charge is -2.44. The molecule has 0 saturated carbocycles. The minimum atomic E-state index is -0.845. The van der Waals surface area contributed by atoms with Gasteiger partial charge in [0.2, 0.25) is 17.7 Å². The van der Waals surface area contributed by atoms with E-state index in [2.05, 4.69) is 20.5 Å². The van der Waals surface area contributed by atoms with Gasteiger partial charge >= 0.3 is 0 Å². The molecule has 2 atom stereocenters. The smallest absolute Gasteiger partial charge is 0.247 e. The van der Waals surface area contributed by atoms with Crippen molar-refractivity contribution in [3.05, 3.63) is 78.4 Å². The van der Waals surface area contributed by atoms with Crippen LogP contribution in [0.4, 0.5) is 5.69 Å². The number of hydrogen-bond donors (Lipinski definition) is 3. The van der Waals surface area contributed by atoms with Crippen LogP contribution in [0.15, 0.2) is 67.1 Å². The molecule has 2 aliphatic rings. The lowest BCUT2D eigenvalue weighted by molar-refractivity contribution is -0.139. The van der Waals surface area contributed by atoms with Crippen LogP contribution in [0, 0.1) is 0 Å². The first-order valence-corrected chi connectivity index (χ1v) is 13.8. The molecule has 0 radical (unpaired) electrons. The van der Waals surface area contributed by atoms with Gasteiger partial charge in [0.15, 0.2) is 0 Å². The van der Waals surface area contributed by atoms with E-state index in [0.717, 1.165) is 16.9 Å². The normalized spacial score (nSPS) is 17.7. The summed E-state index contributed by atoms with van der Waals surface area (Å²) in [7, 11) is 3.44. The standard InChI is InChI=1S/C30H37N7O4/c1-35-19-32-18-23(35)17-25(31)27(38)34-26(16-21-8-10-24(41-2)11-9-21)28(39)36-14-12-30(13-15-36)29(40)33-20-37(30)22-6-4-3-5-7-22/h3-11,18-19,25-26H,12-17,20,31H2,1-2H3,(H,33,40)(H,34,38). The molecule has 41 heavy (non-hydrogen) atoms. The maximum atomic E-state index is 13.9. The fourth-order valence-corrected chi connectivity index (χ4v) is 5.73. The zero-order chi connectivity index (χ0) is 29.0. The summed E-state index contributed by atoms with van der Waals surface area (Å²) in [6.07, 6.45) is 4.90. The Hall–Kier alpha value is -4.38. The number of nitrogens with one attached hydrogen (secondary N) is 2. The van der Waals surface area contributed by atoms with Crippen molar-refractivity contribution in [2.45, 2.75) is 43.3 Å². The molecule has 2 fully saturated rings. The number of rotatable bonds is 9. The summed E-state index contributed by atoms with van der Waals surface area (Å²) in [5.41, 5.74) is 8.22. The molecule has 2 unspecified atom stereocenters. The summed E-state index contributed by atoms with van der Waals surface area (Å²) in [5, 5.41) is 5.92. The predicted molar refractivity (Wildman–Crippen MR) is 154 cm³/mol. The van der Waals surface area contributed by atoms with Gasteiger partial charge in [-0.1, -0.05) is 30.3 Å². The number of nitrogens with zero attached hydrogens (tertiary/aromatic N) is 4. The van der Waals surface area contributed by atoms with Gasteiger partial charge in [0.1, 0.15) is 17.3 Å². The zero-order valence-electron chi connectivity index (χ0n) is 23.5.